The molecule has 1 saturated carbocycles. The third-order valence-corrected chi connectivity index (χ3v) is 5.17. The Morgan fingerprint density at radius 2 is 1.86 bits per heavy atom. The van der Waals surface area contributed by atoms with Crippen molar-refractivity contribution in [1.82, 2.24) is 0 Å². The van der Waals surface area contributed by atoms with Crippen molar-refractivity contribution in [2.24, 2.45) is 11.8 Å². The van der Waals surface area contributed by atoms with E-state index in [9.17, 15) is 13.2 Å². The van der Waals surface area contributed by atoms with E-state index in [1.54, 1.807) is 24.3 Å². The van der Waals surface area contributed by atoms with Gasteiger partial charge in [0.05, 0.1) is 24.5 Å². The van der Waals surface area contributed by atoms with Crippen molar-refractivity contribution in [1.29, 1.82) is 0 Å². The number of esters is 1. The van der Waals surface area contributed by atoms with Gasteiger partial charge in [0.1, 0.15) is 0 Å². The van der Waals surface area contributed by atoms with Crippen molar-refractivity contribution in [2.45, 2.75) is 31.1 Å². The van der Waals surface area contributed by atoms with Crippen LogP contribution < -0.4 is 0 Å². The maximum absolute atomic E-state index is 12.0. The van der Waals surface area contributed by atoms with E-state index in [1.807, 2.05) is 6.92 Å². The molecule has 1 fully saturated rings. The van der Waals surface area contributed by atoms with Gasteiger partial charge in [-0.2, -0.15) is 8.42 Å². The first-order chi connectivity index (χ1) is 9.92. The Kier molecular flexibility index (Phi) is 5.00. The van der Waals surface area contributed by atoms with Crippen LogP contribution in [0.3, 0.4) is 0 Å². The first-order valence-electron chi connectivity index (χ1n) is 6.96. The molecule has 0 heterocycles. The highest BCUT2D eigenvalue weighted by Gasteiger charge is 2.35. The Labute approximate surface area is 125 Å². The molecular weight excluding hydrogens is 292 g/mol. The van der Waals surface area contributed by atoms with Gasteiger partial charge in [0.2, 0.25) is 0 Å². The van der Waals surface area contributed by atoms with Crippen molar-refractivity contribution in [3.63, 3.8) is 0 Å². The van der Waals surface area contributed by atoms with Crippen LogP contribution in [0.4, 0.5) is 0 Å². The van der Waals surface area contributed by atoms with E-state index in [0.29, 0.717) is 12.3 Å². The minimum Gasteiger partial charge on any atom is -0.469 e. The molecule has 5 nitrogen and oxygen atoms in total. The normalized spacial score (nSPS) is 21.6. The first kappa shape index (κ1) is 16.0. The Balaban J connectivity index is 1.76. The van der Waals surface area contributed by atoms with Gasteiger partial charge in [0.25, 0.3) is 10.1 Å². The largest absolute Gasteiger partial charge is 0.469 e. The molecule has 0 atom stereocenters. The second-order valence-corrected chi connectivity index (χ2v) is 7.05. The third kappa shape index (κ3) is 4.04. The summed E-state index contributed by atoms with van der Waals surface area (Å²) < 4.78 is 33.6. The van der Waals surface area contributed by atoms with E-state index in [2.05, 4.69) is 4.74 Å². The van der Waals surface area contributed by atoms with Gasteiger partial charge in [-0.15, -0.1) is 0 Å². The summed E-state index contributed by atoms with van der Waals surface area (Å²) >= 11 is 0. The number of hydrogen-bond donors (Lipinski definition) is 0. The van der Waals surface area contributed by atoms with Crippen molar-refractivity contribution in [3.05, 3.63) is 29.8 Å². The zero-order valence-electron chi connectivity index (χ0n) is 12.2. The van der Waals surface area contributed by atoms with Gasteiger partial charge in [0, 0.05) is 0 Å². The molecule has 21 heavy (non-hydrogen) atoms. The van der Waals surface area contributed by atoms with E-state index in [4.69, 9.17) is 4.18 Å². The molecule has 1 aromatic rings. The standard InChI is InChI=1S/C15H20O5S/c1-11-3-5-14(6-4-11)21(17,18)20-8-7-12-9-13(10-12)15(16)19-2/h3-6,12-13H,7-10H2,1-2H3. The Morgan fingerprint density at radius 1 is 1.24 bits per heavy atom. The quantitative estimate of drug-likeness (QED) is 0.595. The Hall–Kier alpha value is -1.40. The average Bonchev–Trinajstić information content (AvgIpc) is 2.41. The van der Waals surface area contributed by atoms with Crippen LogP contribution in [0, 0.1) is 18.8 Å². The molecular formula is C15H20O5S. The third-order valence-electron chi connectivity index (χ3n) is 3.84. The van der Waals surface area contributed by atoms with E-state index in [1.165, 1.54) is 7.11 Å². The van der Waals surface area contributed by atoms with E-state index >= 15 is 0 Å². The van der Waals surface area contributed by atoms with Crippen LogP contribution in [0.5, 0.6) is 0 Å². The zero-order chi connectivity index (χ0) is 15.5. The van der Waals surface area contributed by atoms with E-state index in [0.717, 1.165) is 18.4 Å². The minimum atomic E-state index is -3.68. The molecule has 116 valence electrons. The second-order valence-electron chi connectivity index (χ2n) is 5.44. The number of aryl methyl sites for hydroxylation is 1. The highest BCUT2D eigenvalue weighted by Crippen LogP contribution is 2.36. The molecule has 0 saturated heterocycles. The summed E-state index contributed by atoms with van der Waals surface area (Å²) in [6.45, 7) is 2.04. The fraction of sp³-hybridized carbons (Fsp3) is 0.533. The van der Waals surface area contributed by atoms with E-state index in [-0.39, 0.29) is 23.4 Å². The fourth-order valence-electron chi connectivity index (χ4n) is 2.43. The van der Waals surface area contributed by atoms with Crippen LogP contribution in [0.15, 0.2) is 29.2 Å². The summed E-state index contributed by atoms with van der Waals surface area (Å²) in [7, 11) is -2.30. The topological polar surface area (TPSA) is 69.7 Å². The molecule has 1 aromatic carbocycles. The lowest BCUT2D eigenvalue weighted by molar-refractivity contribution is -0.150. The molecule has 0 N–H and O–H groups in total. The highest BCUT2D eigenvalue weighted by atomic mass is 32.2. The summed E-state index contributed by atoms with van der Waals surface area (Å²) in [4.78, 5) is 11.4. The lowest BCUT2D eigenvalue weighted by atomic mass is 9.73. The Bertz CT molecular complexity index is 585. The molecule has 1 aliphatic carbocycles. The monoisotopic (exact) mass is 312 g/mol. The van der Waals surface area contributed by atoms with E-state index < -0.39 is 10.1 Å². The number of benzene rings is 1. The second kappa shape index (κ2) is 6.58. The smallest absolute Gasteiger partial charge is 0.308 e. The van der Waals surface area contributed by atoms with Gasteiger partial charge in [-0.3, -0.25) is 8.98 Å². The van der Waals surface area contributed by atoms with Crippen LogP contribution >= 0.6 is 0 Å². The predicted octanol–water partition coefficient (Wildman–Crippen LogP) is 2.29. The number of carbonyl (C=O) groups excluding carboxylic acids is 1. The molecule has 0 aliphatic heterocycles. The summed E-state index contributed by atoms with van der Waals surface area (Å²) in [6.07, 6.45) is 2.14. The molecule has 0 bridgehead atoms. The molecule has 1 aliphatic rings. The number of hydrogen-bond acceptors (Lipinski definition) is 5. The van der Waals surface area contributed by atoms with Crippen molar-refractivity contribution < 1.29 is 22.1 Å². The van der Waals surface area contributed by atoms with Crippen LogP contribution in [-0.2, 0) is 23.8 Å². The summed E-state index contributed by atoms with van der Waals surface area (Å²) in [5.41, 5.74) is 0.997. The lowest BCUT2D eigenvalue weighted by Crippen LogP contribution is -2.32. The van der Waals surface area contributed by atoms with Crippen molar-refractivity contribution in [3.8, 4) is 0 Å². The van der Waals surface area contributed by atoms with Crippen molar-refractivity contribution >= 4 is 16.1 Å². The summed E-state index contributed by atoms with van der Waals surface area (Å²) in [5, 5.41) is 0. The van der Waals surface area contributed by atoms with Gasteiger partial charge in [-0.05, 0) is 44.2 Å². The fourth-order valence-corrected chi connectivity index (χ4v) is 3.35. The maximum Gasteiger partial charge on any atom is 0.308 e. The predicted molar refractivity (Wildman–Crippen MR) is 77.2 cm³/mol. The molecule has 0 aromatic heterocycles. The Morgan fingerprint density at radius 3 is 2.43 bits per heavy atom. The van der Waals surface area contributed by atoms with Crippen LogP contribution in [-0.4, -0.2) is 28.1 Å². The number of methoxy groups -OCH3 is 1. The summed E-state index contributed by atoms with van der Waals surface area (Å²) in [6, 6.07) is 6.56. The molecule has 0 radical (unpaired) electrons. The lowest BCUT2D eigenvalue weighted by Gasteiger charge is -2.32. The van der Waals surface area contributed by atoms with Gasteiger partial charge in [-0.25, -0.2) is 0 Å². The van der Waals surface area contributed by atoms with Gasteiger partial charge >= 0.3 is 5.97 Å². The zero-order valence-corrected chi connectivity index (χ0v) is 13.1. The van der Waals surface area contributed by atoms with Gasteiger partial charge < -0.3 is 4.74 Å². The maximum atomic E-state index is 12.0. The molecule has 0 amide bonds. The number of rotatable bonds is 6. The molecule has 6 heteroatoms. The average molecular weight is 312 g/mol. The number of ether oxygens (including phenoxy) is 1. The van der Waals surface area contributed by atoms with Crippen molar-refractivity contribution in [2.75, 3.05) is 13.7 Å². The van der Waals surface area contributed by atoms with Crippen LogP contribution in [0.2, 0.25) is 0 Å². The molecule has 2 rings (SSSR count). The van der Waals surface area contributed by atoms with Gasteiger partial charge in [-0.1, -0.05) is 17.7 Å². The minimum absolute atomic E-state index is 0.0336. The number of carbonyl (C=O) groups is 1. The SMILES string of the molecule is COC(=O)C1CC(CCOS(=O)(=O)c2ccc(C)cc2)C1. The molecule has 0 spiro atoms. The van der Waals surface area contributed by atoms with Crippen LogP contribution in [0.25, 0.3) is 0 Å². The summed E-state index contributed by atoms with van der Waals surface area (Å²) in [5.74, 6) is 0.121. The first-order valence-corrected chi connectivity index (χ1v) is 8.37. The highest BCUT2D eigenvalue weighted by molar-refractivity contribution is 7.86. The van der Waals surface area contributed by atoms with Gasteiger partial charge in [0.15, 0.2) is 0 Å². The van der Waals surface area contributed by atoms with Crippen LogP contribution in [0.1, 0.15) is 24.8 Å². The molecule has 0 unspecified atom stereocenters.